The van der Waals surface area contributed by atoms with E-state index >= 15 is 0 Å². The van der Waals surface area contributed by atoms with Gasteiger partial charge in [0.2, 0.25) is 23.6 Å². The van der Waals surface area contributed by atoms with E-state index in [1.165, 1.54) is 82.1 Å². The van der Waals surface area contributed by atoms with Crippen molar-refractivity contribution >= 4 is 41.2 Å². The Bertz CT molecular complexity index is 2180. The molecule has 0 spiro atoms. The molecule has 3 saturated carbocycles. The Labute approximate surface area is 420 Å². The fourth-order valence-corrected chi connectivity index (χ4v) is 12.6. The zero-order valence-corrected chi connectivity index (χ0v) is 42.9. The smallest absolute Gasteiger partial charge is 0.429 e. The van der Waals surface area contributed by atoms with Crippen LogP contribution in [-0.2, 0) is 35.3 Å². The third kappa shape index (κ3) is 15.1. The lowest BCUT2D eigenvalue weighted by Crippen LogP contribution is -2.51. The Balaban J connectivity index is 0.838. The number of nitro benzene ring substituents is 1. The van der Waals surface area contributed by atoms with Crippen LogP contribution in [0.15, 0.2) is 60.2 Å². The number of nitrogens with zero attached hydrogens (tertiary/aromatic N) is 1. The molecular weight excluding hydrogens is 905 g/mol. The molecule has 10 atom stereocenters. The first-order chi connectivity index (χ1) is 33.8. The number of nitro groups is 1. The Morgan fingerprint density at radius 2 is 1.58 bits per heavy atom. The molecule has 4 aliphatic carbocycles. The van der Waals surface area contributed by atoms with E-state index in [0.29, 0.717) is 36.2 Å². The number of carbonyl (C=O) groups excluding carboxylic acids is 5. The topological polar surface area (TPSA) is 230 Å². The van der Waals surface area contributed by atoms with Crippen LogP contribution in [0, 0.1) is 56.5 Å². The number of hydrogen-bond donors (Lipinski definition) is 5. The average Bonchev–Trinajstić information content (AvgIpc) is 3.69. The molecule has 71 heavy (non-hydrogen) atoms. The van der Waals surface area contributed by atoms with Gasteiger partial charge in [0.25, 0.3) is 5.69 Å². The van der Waals surface area contributed by atoms with E-state index in [1.807, 2.05) is 0 Å². The van der Waals surface area contributed by atoms with Gasteiger partial charge in [0, 0.05) is 49.9 Å². The van der Waals surface area contributed by atoms with Gasteiger partial charge in [-0.2, -0.15) is 0 Å². The predicted octanol–water partition coefficient (Wildman–Crippen LogP) is 9.30. The number of nitrogens with one attached hydrogen (secondary N) is 4. The Morgan fingerprint density at radius 1 is 0.845 bits per heavy atom. The van der Waals surface area contributed by atoms with E-state index in [0.717, 1.165) is 48.3 Å². The van der Waals surface area contributed by atoms with Crippen molar-refractivity contribution in [2.24, 2.45) is 52.1 Å². The zero-order chi connectivity index (χ0) is 51.3. The van der Waals surface area contributed by atoms with Gasteiger partial charge in [0.05, 0.1) is 17.6 Å². The monoisotopic (exact) mass is 985 g/mol. The normalized spacial score (nSPS) is 25.7. The van der Waals surface area contributed by atoms with Gasteiger partial charge in [0.1, 0.15) is 18.4 Å². The van der Waals surface area contributed by atoms with Crippen molar-refractivity contribution in [3.63, 3.8) is 0 Å². The lowest BCUT2D eigenvalue weighted by molar-refractivity contribution is -0.384. The van der Waals surface area contributed by atoms with E-state index in [9.17, 15) is 34.1 Å². The molecule has 0 heterocycles. The van der Waals surface area contributed by atoms with Gasteiger partial charge < -0.3 is 41.2 Å². The number of benzene rings is 2. The zero-order valence-electron chi connectivity index (χ0n) is 42.9. The summed E-state index contributed by atoms with van der Waals surface area (Å²) in [6, 6.07) is 9.91. The van der Waals surface area contributed by atoms with Crippen LogP contribution in [-0.4, -0.2) is 72.6 Å². The summed E-state index contributed by atoms with van der Waals surface area (Å²) in [5.41, 5.74) is 9.21. The molecule has 3 fully saturated rings. The van der Waals surface area contributed by atoms with Gasteiger partial charge in [-0.15, -0.1) is 0 Å². The maximum Gasteiger partial charge on any atom is 0.514 e. The summed E-state index contributed by atoms with van der Waals surface area (Å²) in [4.78, 5) is 73.6. The van der Waals surface area contributed by atoms with Gasteiger partial charge in [-0.25, -0.2) is 4.79 Å². The van der Waals surface area contributed by atoms with Gasteiger partial charge >= 0.3 is 6.16 Å². The molecule has 2 aromatic rings. The second-order valence-corrected chi connectivity index (χ2v) is 21.9. The van der Waals surface area contributed by atoms with Crippen LogP contribution in [0.5, 0.6) is 5.75 Å². The first-order valence-electron chi connectivity index (χ1n) is 26.2. The van der Waals surface area contributed by atoms with Crippen molar-refractivity contribution < 1.29 is 43.1 Å². The number of ether oxygens (including phenoxy) is 3. The highest BCUT2D eigenvalue weighted by Gasteiger charge is 2.59. The number of rotatable bonds is 24. The predicted molar refractivity (Wildman–Crippen MR) is 272 cm³/mol. The molecule has 390 valence electrons. The van der Waals surface area contributed by atoms with Crippen LogP contribution in [0.25, 0.3) is 0 Å². The molecule has 6 rings (SSSR count). The summed E-state index contributed by atoms with van der Waals surface area (Å²) in [5.74, 6) is 3.13. The summed E-state index contributed by atoms with van der Waals surface area (Å²) in [6.45, 7) is 14.7. The molecule has 2 aromatic carbocycles. The number of hydrogen-bond acceptors (Lipinski definition) is 11. The van der Waals surface area contributed by atoms with Crippen molar-refractivity contribution in [3.8, 4) is 5.75 Å². The number of allylic oxidation sites excluding steroid dienone is 1. The SMILES string of the molecule is CC(C)CCC[C@@H](C)[C@H]1CC[C@H]2[C@@H]3CC=C4C[C@@H](OCCCNC(=O)CCC(=O)N[C@@H](CC(C)N)C(=O)NCC(=O)Nc5ccc(COC(=O)Oc6ccc([N+](=O)[O-])cc6)cc5)CC[C@]4(C)[C@H]3CC[C@]12C. The van der Waals surface area contributed by atoms with Gasteiger partial charge in [0.15, 0.2) is 0 Å². The lowest BCUT2D eigenvalue weighted by atomic mass is 9.47. The first-order valence-corrected chi connectivity index (χ1v) is 26.2. The van der Waals surface area contributed by atoms with Crippen molar-refractivity contribution in [2.75, 3.05) is 25.0 Å². The van der Waals surface area contributed by atoms with E-state index in [-0.39, 0.29) is 61.3 Å². The standard InChI is InChI=1S/C55H80N6O10/c1-35(2)9-7-10-36(3)45-21-22-46-44-20-13-39-32-43(25-27-54(39,5)47(44)26-28-55(45,46)6)69-30-8-29-57-49(62)23-24-50(63)60-48(31-37(4)56)52(65)58-33-51(64)59-40-14-11-38(12-15-40)34-70-53(66)71-42-18-16-41(17-19-42)61(67)68/h11-19,35-37,43-48H,7-10,20-34,56H2,1-6H3,(H,57,62)(H,58,65)(H,59,64)(H,60,63)/t36-,37?,43+,44+,45-,46+,47+,48+,54+,55-/m1/s1. The molecule has 0 aliphatic heterocycles. The Kier molecular flexibility index (Phi) is 19.6. The lowest BCUT2D eigenvalue weighted by Gasteiger charge is -2.58. The summed E-state index contributed by atoms with van der Waals surface area (Å²) >= 11 is 0. The number of anilines is 1. The molecule has 16 nitrogen and oxygen atoms in total. The number of carbonyl (C=O) groups is 5. The molecular formula is C55H80N6O10. The van der Waals surface area contributed by atoms with Gasteiger partial charge in [-0.05, 0) is 147 Å². The van der Waals surface area contributed by atoms with E-state index in [4.69, 9.17) is 19.9 Å². The highest BCUT2D eigenvalue weighted by molar-refractivity contribution is 5.96. The van der Waals surface area contributed by atoms with Crippen LogP contribution >= 0.6 is 0 Å². The second kappa shape index (κ2) is 25.3. The molecule has 16 heteroatoms. The van der Waals surface area contributed by atoms with E-state index in [2.05, 4.69) is 62.0 Å². The molecule has 0 aromatic heterocycles. The highest BCUT2D eigenvalue weighted by Crippen LogP contribution is 2.67. The summed E-state index contributed by atoms with van der Waals surface area (Å²) < 4.78 is 16.5. The minimum absolute atomic E-state index is 0.0473. The molecule has 6 N–H and O–H groups in total. The Morgan fingerprint density at radius 3 is 2.28 bits per heavy atom. The average molecular weight is 985 g/mol. The Hall–Kier alpha value is -5.35. The third-order valence-electron chi connectivity index (χ3n) is 16.4. The molecule has 1 unspecified atom stereocenters. The molecule has 0 bridgehead atoms. The number of amides is 4. The fraction of sp³-hybridized carbons (Fsp3) is 0.655. The second-order valence-electron chi connectivity index (χ2n) is 21.9. The third-order valence-corrected chi connectivity index (χ3v) is 16.4. The van der Waals surface area contributed by atoms with Crippen molar-refractivity contribution in [2.45, 2.75) is 163 Å². The van der Waals surface area contributed by atoms with Crippen LogP contribution in [0.4, 0.5) is 16.2 Å². The van der Waals surface area contributed by atoms with Gasteiger partial charge in [-0.3, -0.25) is 29.3 Å². The maximum atomic E-state index is 13.1. The number of fused-ring (bicyclic) bond motifs is 5. The van der Waals surface area contributed by atoms with Crippen LogP contribution in [0.3, 0.4) is 0 Å². The van der Waals surface area contributed by atoms with Gasteiger partial charge in [-0.1, -0.05) is 77.7 Å². The number of nitrogens with two attached hydrogens (primary N) is 1. The minimum atomic E-state index is -1.01. The van der Waals surface area contributed by atoms with E-state index in [1.54, 1.807) is 36.8 Å². The summed E-state index contributed by atoms with van der Waals surface area (Å²) in [5, 5.41) is 21.6. The fourth-order valence-electron chi connectivity index (χ4n) is 12.6. The number of non-ortho nitro benzene ring substituents is 1. The summed E-state index contributed by atoms with van der Waals surface area (Å²) in [7, 11) is 0. The van der Waals surface area contributed by atoms with Crippen LogP contribution in [0.1, 0.15) is 143 Å². The molecule has 0 radical (unpaired) electrons. The quantitative estimate of drug-likeness (QED) is 0.0166. The van der Waals surface area contributed by atoms with Crippen molar-refractivity contribution in [1.29, 1.82) is 0 Å². The van der Waals surface area contributed by atoms with Crippen molar-refractivity contribution in [1.82, 2.24) is 16.0 Å². The molecule has 4 aliphatic rings. The van der Waals surface area contributed by atoms with Crippen LogP contribution in [0.2, 0.25) is 0 Å². The largest absolute Gasteiger partial charge is 0.514 e. The van der Waals surface area contributed by atoms with Crippen molar-refractivity contribution in [3.05, 3.63) is 75.9 Å². The highest BCUT2D eigenvalue weighted by atomic mass is 16.7. The first kappa shape index (κ1) is 55.0. The molecule has 0 saturated heterocycles. The molecule has 4 amide bonds. The maximum absolute atomic E-state index is 13.1. The van der Waals surface area contributed by atoms with E-state index < -0.39 is 40.9 Å². The summed E-state index contributed by atoms with van der Waals surface area (Å²) in [6.07, 6.45) is 16.6. The van der Waals surface area contributed by atoms with Crippen LogP contribution < -0.4 is 31.7 Å². The minimum Gasteiger partial charge on any atom is -0.429 e.